The van der Waals surface area contributed by atoms with Crippen molar-refractivity contribution in [2.75, 3.05) is 5.43 Å². The Balaban J connectivity index is 1.89. The van der Waals surface area contributed by atoms with Gasteiger partial charge in [-0.3, -0.25) is 18.5 Å². The molecule has 8 nitrogen and oxygen atoms in total. The maximum Gasteiger partial charge on any atom is 0.332 e. The second-order valence-electron chi connectivity index (χ2n) is 7.17. The quantitative estimate of drug-likeness (QED) is 0.385. The molecular weight excluding hydrogens is 416 g/mol. The van der Waals surface area contributed by atoms with Crippen molar-refractivity contribution in [2.24, 2.45) is 19.2 Å². The van der Waals surface area contributed by atoms with Crippen LogP contribution in [0, 0.1) is 0 Å². The molecule has 2 aromatic carbocycles. The zero-order valence-electron chi connectivity index (χ0n) is 17.3. The minimum Gasteiger partial charge on any atom is -0.298 e. The van der Waals surface area contributed by atoms with Gasteiger partial charge in [-0.15, -0.1) is 0 Å². The molecule has 1 N–H and O–H groups in total. The average molecular weight is 437 g/mol. The molecule has 0 aliphatic carbocycles. The van der Waals surface area contributed by atoms with Gasteiger partial charge in [0.1, 0.15) is 0 Å². The van der Waals surface area contributed by atoms with Gasteiger partial charge >= 0.3 is 5.69 Å². The number of hydrazone groups is 1. The fourth-order valence-electron chi connectivity index (χ4n) is 3.36. The molecule has 0 atom stereocenters. The summed E-state index contributed by atoms with van der Waals surface area (Å²) in [5.41, 5.74) is 5.16. The zero-order chi connectivity index (χ0) is 22.1. The van der Waals surface area contributed by atoms with Gasteiger partial charge in [0.15, 0.2) is 11.2 Å². The molecule has 0 aliphatic rings. The van der Waals surface area contributed by atoms with Crippen LogP contribution < -0.4 is 16.7 Å². The minimum absolute atomic E-state index is 0.273. The van der Waals surface area contributed by atoms with Gasteiger partial charge in [0.2, 0.25) is 5.95 Å². The maximum atomic E-state index is 13.0. The molecule has 0 radical (unpaired) electrons. The van der Waals surface area contributed by atoms with E-state index in [1.165, 1.54) is 11.6 Å². The van der Waals surface area contributed by atoms with Crippen LogP contribution in [-0.4, -0.2) is 24.4 Å². The molecule has 0 fully saturated rings. The van der Waals surface area contributed by atoms with E-state index in [1.807, 2.05) is 55.5 Å². The van der Waals surface area contributed by atoms with Crippen LogP contribution in [-0.2, 0) is 20.6 Å². The fraction of sp³-hybridized carbons (Fsp3) is 0.182. The largest absolute Gasteiger partial charge is 0.332 e. The lowest BCUT2D eigenvalue weighted by Gasteiger charge is -2.11. The number of fused-ring (bicyclic) bond motifs is 1. The highest BCUT2D eigenvalue weighted by Crippen LogP contribution is 2.22. The topological polar surface area (TPSA) is 86.2 Å². The molecule has 4 rings (SSSR count). The van der Waals surface area contributed by atoms with Crippen LogP contribution in [0.3, 0.4) is 0 Å². The number of aryl methyl sites for hydroxylation is 1. The van der Waals surface area contributed by atoms with E-state index in [1.54, 1.807) is 17.7 Å². The summed E-state index contributed by atoms with van der Waals surface area (Å²) >= 11 is 6.36. The first-order valence-electron chi connectivity index (χ1n) is 9.64. The predicted octanol–water partition coefficient (Wildman–Crippen LogP) is 2.97. The van der Waals surface area contributed by atoms with Crippen LogP contribution in [0.15, 0.2) is 69.3 Å². The summed E-state index contributed by atoms with van der Waals surface area (Å²) in [4.78, 5) is 29.9. The van der Waals surface area contributed by atoms with Crippen LogP contribution >= 0.6 is 11.6 Å². The lowest BCUT2D eigenvalue weighted by Crippen LogP contribution is -2.37. The molecule has 0 aliphatic heterocycles. The second-order valence-corrected chi connectivity index (χ2v) is 7.57. The van der Waals surface area contributed by atoms with Crippen molar-refractivity contribution in [1.29, 1.82) is 0 Å². The number of halogens is 1. The molecule has 2 aromatic heterocycles. The smallest absolute Gasteiger partial charge is 0.298 e. The van der Waals surface area contributed by atoms with Crippen molar-refractivity contribution >= 4 is 34.4 Å². The Kier molecular flexibility index (Phi) is 5.48. The van der Waals surface area contributed by atoms with Gasteiger partial charge in [-0.05, 0) is 24.1 Å². The van der Waals surface area contributed by atoms with Gasteiger partial charge in [-0.25, -0.2) is 10.2 Å². The van der Waals surface area contributed by atoms with E-state index in [0.717, 1.165) is 21.4 Å². The van der Waals surface area contributed by atoms with Gasteiger partial charge in [0.25, 0.3) is 5.56 Å². The summed E-state index contributed by atoms with van der Waals surface area (Å²) in [5.74, 6) is 0.337. The van der Waals surface area contributed by atoms with Crippen molar-refractivity contribution in [2.45, 2.75) is 13.5 Å². The molecule has 31 heavy (non-hydrogen) atoms. The van der Waals surface area contributed by atoms with Gasteiger partial charge in [0, 0.05) is 19.1 Å². The van der Waals surface area contributed by atoms with Crippen molar-refractivity contribution in [3.8, 4) is 0 Å². The number of nitrogens with zero attached hydrogens (tertiary/aromatic N) is 5. The molecule has 0 spiro atoms. The third-order valence-corrected chi connectivity index (χ3v) is 5.52. The molecule has 0 saturated heterocycles. The number of anilines is 1. The Morgan fingerprint density at radius 3 is 2.42 bits per heavy atom. The van der Waals surface area contributed by atoms with Crippen LogP contribution in [0.25, 0.3) is 11.2 Å². The highest BCUT2D eigenvalue weighted by molar-refractivity contribution is 6.31. The number of nitrogens with one attached hydrogen (secondary N) is 1. The first-order chi connectivity index (χ1) is 14.9. The minimum atomic E-state index is -0.449. The van der Waals surface area contributed by atoms with E-state index in [2.05, 4.69) is 15.5 Å². The van der Waals surface area contributed by atoms with Gasteiger partial charge in [-0.2, -0.15) is 10.1 Å². The van der Waals surface area contributed by atoms with Crippen molar-refractivity contribution in [1.82, 2.24) is 18.7 Å². The van der Waals surface area contributed by atoms with Gasteiger partial charge < -0.3 is 0 Å². The lowest BCUT2D eigenvalue weighted by molar-refractivity contribution is 0.702. The third kappa shape index (κ3) is 3.77. The highest BCUT2D eigenvalue weighted by Gasteiger charge is 2.20. The predicted molar refractivity (Wildman–Crippen MR) is 123 cm³/mol. The highest BCUT2D eigenvalue weighted by atomic mass is 35.5. The monoisotopic (exact) mass is 436 g/mol. The molecular formula is C22H21ClN6O2. The summed E-state index contributed by atoms with van der Waals surface area (Å²) < 4.78 is 4.11. The normalized spacial score (nSPS) is 11.8. The lowest BCUT2D eigenvalue weighted by atomic mass is 10.1. The van der Waals surface area contributed by atoms with E-state index in [-0.39, 0.29) is 12.2 Å². The van der Waals surface area contributed by atoms with Crippen molar-refractivity contribution in [3.63, 3.8) is 0 Å². The van der Waals surface area contributed by atoms with E-state index in [9.17, 15) is 9.59 Å². The second kappa shape index (κ2) is 8.23. The number of rotatable bonds is 5. The molecule has 4 aromatic rings. The Morgan fingerprint density at radius 2 is 1.71 bits per heavy atom. The zero-order valence-corrected chi connectivity index (χ0v) is 18.1. The van der Waals surface area contributed by atoms with Crippen LogP contribution in [0.2, 0.25) is 5.02 Å². The summed E-state index contributed by atoms with van der Waals surface area (Å²) in [6, 6.07) is 17.1. The Labute approximate surface area is 183 Å². The molecule has 0 amide bonds. The summed E-state index contributed by atoms with van der Waals surface area (Å²) in [7, 11) is 3.03. The van der Waals surface area contributed by atoms with Crippen LogP contribution in [0.1, 0.15) is 18.1 Å². The fourth-order valence-corrected chi connectivity index (χ4v) is 3.56. The molecule has 0 unspecified atom stereocenters. The molecule has 9 heteroatoms. The molecule has 0 saturated carbocycles. The van der Waals surface area contributed by atoms with Gasteiger partial charge in [0.05, 0.1) is 12.3 Å². The van der Waals surface area contributed by atoms with Crippen molar-refractivity contribution < 1.29 is 0 Å². The number of hydrogen-bond donors (Lipinski definition) is 1. The number of imidazole rings is 1. The number of aromatic nitrogens is 4. The first kappa shape index (κ1) is 20.6. The van der Waals surface area contributed by atoms with E-state index in [4.69, 9.17) is 11.6 Å². The SMILES string of the molecule is C/C(=N/Nc1nc2c(c(=O)n(C)c(=O)n2C)n1Cc1ccccc1Cl)c1ccccc1. The van der Waals surface area contributed by atoms with Gasteiger partial charge in [-0.1, -0.05) is 60.1 Å². The van der Waals surface area contributed by atoms with E-state index >= 15 is 0 Å². The average Bonchev–Trinajstić information content (AvgIpc) is 3.15. The third-order valence-electron chi connectivity index (χ3n) is 5.15. The van der Waals surface area contributed by atoms with Crippen molar-refractivity contribution in [3.05, 3.63) is 91.6 Å². The summed E-state index contributed by atoms with van der Waals surface area (Å²) in [5, 5.41) is 5.01. The Bertz CT molecular complexity index is 1420. The number of benzene rings is 2. The summed E-state index contributed by atoms with van der Waals surface area (Å²) in [6.45, 7) is 2.16. The Hall–Kier alpha value is -3.65. The standard InChI is InChI=1S/C22H21ClN6O2/c1-14(15-9-5-4-6-10-15)25-26-21-24-19-18(20(30)28(3)22(31)27(19)2)29(21)13-16-11-7-8-12-17(16)23/h4-12H,13H2,1-3H3,(H,24,26)/b25-14-. The molecule has 2 heterocycles. The van der Waals surface area contributed by atoms with E-state index in [0.29, 0.717) is 16.5 Å². The van der Waals surface area contributed by atoms with Crippen LogP contribution in [0.4, 0.5) is 5.95 Å². The molecule has 158 valence electrons. The number of hydrogen-bond acceptors (Lipinski definition) is 5. The van der Waals surface area contributed by atoms with Crippen LogP contribution in [0.5, 0.6) is 0 Å². The Morgan fingerprint density at radius 1 is 1.03 bits per heavy atom. The molecule has 0 bridgehead atoms. The maximum absolute atomic E-state index is 13.0. The summed E-state index contributed by atoms with van der Waals surface area (Å²) in [6.07, 6.45) is 0. The first-order valence-corrected chi connectivity index (χ1v) is 10.0. The van der Waals surface area contributed by atoms with E-state index < -0.39 is 11.2 Å².